The van der Waals surface area contributed by atoms with Crippen LogP contribution < -0.4 is 15.8 Å². The number of hydrogen-bond donors (Lipinski definition) is 2. The van der Waals surface area contributed by atoms with E-state index in [1.54, 1.807) is 6.07 Å². The fourth-order valence-corrected chi connectivity index (χ4v) is 2.99. The molecule has 0 aliphatic carbocycles. The second-order valence-corrected chi connectivity index (χ2v) is 5.93. The SMILES string of the molecule is COc1ccc(CN2CCCCC2CNC(=O)CCN)cc1F. The Morgan fingerprint density at radius 3 is 3.00 bits per heavy atom. The number of nitrogens with one attached hydrogen (secondary N) is 1. The molecule has 1 heterocycles. The molecule has 1 aromatic rings. The number of nitrogens with two attached hydrogens (primary N) is 1. The molecule has 1 unspecified atom stereocenters. The zero-order chi connectivity index (χ0) is 16.7. The summed E-state index contributed by atoms with van der Waals surface area (Å²) < 4.78 is 18.8. The third-order valence-electron chi connectivity index (χ3n) is 4.26. The van der Waals surface area contributed by atoms with Crippen molar-refractivity contribution in [3.8, 4) is 5.75 Å². The van der Waals surface area contributed by atoms with E-state index in [0.29, 0.717) is 26.1 Å². The maximum Gasteiger partial charge on any atom is 0.221 e. The Bertz CT molecular complexity index is 525. The molecule has 3 N–H and O–H groups in total. The van der Waals surface area contributed by atoms with Crippen LogP contribution >= 0.6 is 0 Å². The van der Waals surface area contributed by atoms with Crippen LogP contribution in [0, 0.1) is 5.82 Å². The molecule has 128 valence electrons. The standard InChI is InChI=1S/C17H26FN3O2/c1-23-16-6-5-13(10-15(16)18)12-21-9-3-2-4-14(21)11-20-17(22)7-8-19/h5-6,10,14H,2-4,7-9,11-12,19H2,1H3,(H,20,22). The first kappa shape index (κ1) is 17.7. The highest BCUT2D eigenvalue weighted by molar-refractivity contribution is 5.76. The minimum Gasteiger partial charge on any atom is -0.494 e. The molecular formula is C17H26FN3O2. The molecule has 0 radical (unpaired) electrons. The van der Waals surface area contributed by atoms with E-state index in [-0.39, 0.29) is 23.5 Å². The van der Waals surface area contributed by atoms with Crippen LogP contribution in [-0.2, 0) is 11.3 Å². The lowest BCUT2D eigenvalue weighted by atomic mass is 10.0. The van der Waals surface area contributed by atoms with Crippen LogP contribution in [0.25, 0.3) is 0 Å². The number of nitrogens with zero attached hydrogens (tertiary/aromatic N) is 1. The van der Waals surface area contributed by atoms with Gasteiger partial charge in [-0.2, -0.15) is 0 Å². The number of likely N-dealkylation sites (tertiary alicyclic amines) is 1. The zero-order valence-electron chi connectivity index (χ0n) is 13.7. The van der Waals surface area contributed by atoms with Crippen molar-refractivity contribution >= 4 is 5.91 Å². The van der Waals surface area contributed by atoms with Crippen molar-refractivity contribution in [2.45, 2.75) is 38.3 Å². The number of piperidine rings is 1. The Labute approximate surface area is 137 Å². The molecule has 1 amide bonds. The van der Waals surface area contributed by atoms with Gasteiger partial charge in [0.05, 0.1) is 7.11 Å². The third-order valence-corrected chi connectivity index (χ3v) is 4.26. The number of carbonyl (C=O) groups is 1. The summed E-state index contributed by atoms with van der Waals surface area (Å²) in [5.41, 5.74) is 6.31. The second kappa shape index (κ2) is 8.84. The van der Waals surface area contributed by atoms with E-state index in [4.69, 9.17) is 10.5 Å². The zero-order valence-corrected chi connectivity index (χ0v) is 13.7. The molecule has 1 atom stereocenters. The molecule has 23 heavy (non-hydrogen) atoms. The third kappa shape index (κ3) is 5.18. The molecule has 6 heteroatoms. The monoisotopic (exact) mass is 323 g/mol. The highest BCUT2D eigenvalue weighted by atomic mass is 19.1. The Hall–Kier alpha value is -1.66. The minimum atomic E-state index is -0.338. The maximum absolute atomic E-state index is 13.8. The van der Waals surface area contributed by atoms with Gasteiger partial charge < -0.3 is 15.8 Å². The lowest BCUT2D eigenvalue weighted by molar-refractivity contribution is -0.121. The number of halogens is 1. The molecule has 0 saturated carbocycles. The number of ether oxygens (including phenoxy) is 1. The summed E-state index contributed by atoms with van der Waals surface area (Å²) in [7, 11) is 1.46. The van der Waals surface area contributed by atoms with E-state index in [2.05, 4.69) is 10.2 Å². The summed E-state index contributed by atoms with van der Waals surface area (Å²) in [5, 5.41) is 2.94. The van der Waals surface area contributed by atoms with E-state index in [1.807, 2.05) is 6.07 Å². The number of hydrogen-bond acceptors (Lipinski definition) is 4. The van der Waals surface area contributed by atoms with Gasteiger partial charge >= 0.3 is 0 Å². The fraction of sp³-hybridized carbons (Fsp3) is 0.588. The minimum absolute atomic E-state index is 0.00600. The number of carbonyl (C=O) groups excluding carboxylic acids is 1. The normalized spacial score (nSPS) is 18.7. The van der Waals surface area contributed by atoms with Crippen LogP contribution in [0.4, 0.5) is 4.39 Å². The van der Waals surface area contributed by atoms with Gasteiger partial charge in [0.15, 0.2) is 11.6 Å². The van der Waals surface area contributed by atoms with E-state index >= 15 is 0 Å². The van der Waals surface area contributed by atoms with Gasteiger partial charge in [-0.05, 0) is 37.1 Å². The van der Waals surface area contributed by atoms with Crippen molar-refractivity contribution in [3.63, 3.8) is 0 Å². The van der Waals surface area contributed by atoms with Gasteiger partial charge in [-0.15, -0.1) is 0 Å². The number of benzene rings is 1. The molecule has 0 aromatic heterocycles. The first-order chi connectivity index (χ1) is 11.1. The van der Waals surface area contributed by atoms with Gasteiger partial charge in [-0.3, -0.25) is 9.69 Å². The molecule has 5 nitrogen and oxygen atoms in total. The van der Waals surface area contributed by atoms with Crippen molar-refractivity contribution in [2.75, 3.05) is 26.7 Å². The van der Waals surface area contributed by atoms with Crippen molar-refractivity contribution in [1.29, 1.82) is 0 Å². The quantitative estimate of drug-likeness (QED) is 0.801. The number of amides is 1. The van der Waals surface area contributed by atoms with Crippen molar-refractivity contribution in [3.05, 3.63) is 29.6 Å². The van der Waals surface area contributed by atoms with E-state index in [9.17, 15) is 9.18 Å². The summed E-state index contributed by atoms with van der Waals surface area (Å²) in [6, 6.07) is 5.36. The highest BCUT2D eigenvalue weighted by Gasteiger charge is 2.23. The maximum atomic E-state index is 13.8. The van der Waals surface area contributed by atoms with Gasteiger partial charge in [0.25, 0.3) is 0 Å². The van der Waals surface area contributed by atoms with E-state index in [0.717, 1.165) is 31.4 Å². The number of methoxy groups -OCH3 is 1. The smallest absolute Gasteiger partial charge is 0.221 e. The molecule has 1 aliphatic rings. The molecule has 0 bridgehead atoms. The first-order valence-corrected chi connectivity index (χ1v) is 8.17. The van der Waals surface area contributed by atoms with Crippen LogP contribution in [-0.4, -0.2) is 43.6 Å². The van der Waals surface area contributed by atoms with Crippen LogP contribution in [0.1, 0.15) is 31.2 Å². The fourth-order valence-electron chi connectivity index (χ4n) is 2.99. The highest BCUT2D eigenvalue weighted by Crippen LogP contribution is 2.22. The average Bonchev–Trinajstić information content (AvgIpc) is 2.54. The summed E-state index contributed by atoms with van der Waals surface area (Å²) in [6.45, 7) is 2.63. The summed E-state index contributed by atoms with van der Waals surface area (Å²) in [6.07, 6.45) is 3.69. The van der Waals surface area contributed by atoms with Gasteiger partial charge in [0, 0.05) is 32.1 Å². The molecule has 0 spiro atoms. The second-order valence-electron chi connectivity index (χ2n) is 5.93. The largest absolute Gasteiger partial charge is 0.494 e. The molecule has 1 aromatic carbocycles. The molecule has 1 saturated heterocycles. The molecule has 1 fully saturated rings. The van der Waals surface area contributed by atoms with Gasteiger partial charge in [0.1, 0.15) is 0 Å². The van der Waals surface area contributed by atoms with E-state index < -0.39 is 0 Å². The lowest BCUT2D eigenvalue weighted by Gasteiger charge is -2.36. The lowest BCUT2D eigenvalue weighted by Crippen LogP contribution is -2.46. The van der Waals surface area contributed by atoms with Gasteiger partial charge in [-0.1, -0.05) is 12.5 Å². The summed E-state index contributed by atoms with van der Waals surface area (Å²) in [4.78, 5) is 13.9. The van der Waals surface area contributed by atoms with Crippen LogP contribution in [0.2, 0.25) is 0 Å². The Kier molecular flexibility index (Phi) is 6.80. The topological polar surface area (TPSA) is 67.6 Å². The molecule has 2 rings (SSSR count). The summed E-state index contributed by atoms with van der Waals surface area (Å²) in [5.74, 6) is -0.0821. The predicted octanol–water partition coefficient (Wildman–Crippen LogP) is 1.65. The Morgan fingerprint density at radius 1 is 1.48 bits per heavy atom. The van der Waals surface area contributed by atoms with Crippen LogP contribution in [0.15, 0.2) is 18.2 Å². The first-order valence-electron chi connectivity index (χ1n) is 8.17. The summed E-state index contributed by atoms with van der Waals surface area (Å²) >= 11 is 0. The van der Waals surface area contributed by atoms with Crippen LogP contribution in [0.3, 0.4) is 0 Å². The molecular weight excluding hydrogens is 297 g/mol. The molecule has 1 aliphatic heterocycles. The Balaban J connectivity index is 1.95. The van der Waals surface area contributed by atoms with Crippen LogP contribution in [0.5, 0.6) is 5.75 Å². The van der Waals surface area contributed by atoms with Gasteiger partial charge in [0.2, 0.25) is 5.91 Å². The van der Waals surface area contributed by atoms with Gasteiger partial charge in [-0.25, -0.2) is 4.39 Å². The Morgan fingerprint density at radius 2 is 2.30 bits per heavy atom. The predicted molar refractivity (Wildman–Crippen MR) is 87.7 cm³/mol. The van der Waals surface area contributed by atoms with Crippen molar-refractivity contribution < 1.29 is 13.9 Å². The van der Waals surface area contributed by atoms with Crippen molar-refractivity contribution in [1.82, 2.24) is 10.2 Å². The number of rotatable bonds is 7. The van der Waals surface area contributed by atoms with E-state index in [1.165, 1.54) is 13.2 Å². The van der Waals surface area contributed by atoms with Crippen molar-refractivity contribution in [2.24, 2.45) is 5.73 Å². The average molecular weight is 323 g/mol.